The van der Waals surface area contributed by atoms with E-state index in [0.717, 1.165) is 36.8 Å². The van der Waals surface area contributed by atoms with E-state index >= 15 is 0 Å². The first-order valence-corrected chi connectivity index (χ1v) is 6.20. The summed E-state index contributed by atoms with van der Waals surface area (Å²) in [6, 6.07) is 1.62. The lowest BCUT2D eigenvalue weighted by Gasteiger charge is -2.01. The fourth-order valence-electron chi connectivity index (χ4n) is 1.51. The number of carbonyl (C=O) groups excluding carboxylic acids is 2. The second kappa shape index (κ2) is 6.43. The number of carbonyl (C=O) groups is 2. The highest BCUT2D eigenvalue weighted by atomic mass is 32.1. The molecule has 0 unspecified atom stereocenters. The monoisotopic (exact) mass is 240 g/mol. The fraction of sp³-hybridized carbons (Fsp3) is 0.500. The van der Waals surface area contributed by atoms with E-state index in [2.05, 4.69) is 6.92 Å². The molecule has 0 saturated carbocycles. The molecule has 0 aromatic carbocycles. The van der Waals surface area contributed by atoms with Gasteiger partial charge in [0.25, 0.3) is 0 Å². The predicted octanol–water partition coefficient (Wildman–Crippen LogP) is 3.08. The molecule has 4 heteroatoms. The summed E-state index contributed by atoms with van der Waals surface area (Å²) in [5, 5.41) is 0. The van der Waals surface area contributed by atoms with Crippen molar-refractivity contribution in [1.29, 1.82) is 0 Å². The SMILES string of the molecule is CCCCCc1sc(C=O)cc1C(=O)OC. The summed E-state index contributed by atoms with van der Waals surface area (Å²) in [7, 11) is 1.36. The Balaban J connectivity index is 2.82. The summed E-state index contributed by atoms with van der Waals surface area (Å²) >= 11 is 1.38. The van der Waals surface area contributed by atoms with Gasteiger partial charge in [-0.1, -0.05) is 19.8 Å². The molecule has 0 saturated heterocycles. The number of hydrogen-bond donors (Lipinski definition) is 0. The van der Waals surface area contributed by atoms with E-state index < -0.39 is 0 Å². The van der Waals surface area contributed by atoms with E-state index in [-0.39, 0.29) is 5.97 Å². The Morgan fingerprint density at radius 3 is 2.81 bits per heavy atom. The molecule has 3 nitrogen and oxygen atoms in total. The number of rotatable bonds is 6. The van der Waals surface area contributed by atoms with Crippen LogP contribution in [0.2, 0.25) is 0 Å². The average molecular weight is 240 g/mol. The fourth-order valence-corrected chi connectivity index (χ4v) is 2.52. The zero-order valence-corrected chi connectivity index (χ0v) is 10.4. The molecule has 0 atom stereocenters. The Bertz CT molecular complexity index is 368. The third kappa shape index (κ3) is 3.17. The lowest BCUT2D eigenvalue weighted by atomic mass is 10.1. The molecular formula is C12H16O3S. The molecule has 1 aromatic heterocycles. The molecule has 0 spiro atoms. The minimum atomic E-state index is -0.351. The molecule has 1 rings (SSSR count). The number of ether oxygens (including phenoxy) is 1. The zero-order chi connectivity index (χ0) is 12.0. The summed E-state index contributed by atoms with van der Waals surface area (Å²) in [5.41, 5.74) is 0.547. The van der Waals surface area contributed by atoms with Crippen molar-refractivity contribution in [2.75, 3.05) is 7.11 Å². The first-order valence-electron chi connectivity index (χ1n) is 5.39. The van der Waals surface area contributed by atoms with E-state index in [4.69, 9.17) is 4.74 Å². The van der Waals surface area contributed by atoms with Crippen LogP contribution in [0.25, 0.3) is 0 Å². The Morgan fingerprint density at radius 2 is 2.25 bits per heavy atom. The van der Waals surface area contributed by atoms with Gasteiger partial charge in [0.05, 0.1) is 17.6 Å². The first kappa shape index (κ1) is 12.9. The van der Waals surface area contributed by atoms with Crippen LogP contribution < -0.4 is 0 Å². The van der Waals surface area contributed by atoms with Crippen molar-refractivity contribution in [3.8, 4) is 0 Å². The van der Waals surface area contributed by atoms with E-state index in [1.807, 2.05) is 0 Å². The smallest absolute Gasteiger partial charge is 0.339 e. The number of aryl methyl sites for hydroxylation is 1. The molecule has 0 aliphatic carbocycles. The number of aldehydes is 1. The highest BCUT2D eigenvalue weighted by molar-refractivity contribution is 7.14. The molecule has 0 aliphatic rings. The highest BCUT2D eigenvalue weighted by Gasteiger charge is 2.15. The highest BCUT2D eigenvalue weighted by Crippen LogP contribution is 2.24. The van der Waals surface area contributed by atoms with Crippen molar-refractivity contribution in [3.05, 3.63) is 21.4 Å². The summed E-state index contributed by atoms with van der Waals surface area (Å²) in [6.45, 7) is 2.13. The minimum absolute atomic E-state index is 0.351. The van der Waals surface area contributed by atoms with Gasteiger partial charge in [0, 0.05) is 4.88 Å². The van der Waals surface area contributed by atoms with Crippen LogP contribution in [0.1, 0.15) is 51.1 Å². The van der Waals surface area contributed by atoms with Gasteiger partial charge in [-0.3, -0.25) is 4.79 Å². The second-order valence-corrected chi connectivity index (χ2v) is 4.72. The zero-order valence-electron chi connectivity index (χ0n) is 9.62. The number of unbranched alkanes of at least 4 members (excludes halogenated alkanes) is 2. The van der Waals surface area contributed by atoms with Crippen molar-refractivity contribution < 1.29 is 14.3 Å². The summed E-state index contributed by atoms with van der Waals surface area (Å²) in [4.78, 5) is 23.7. The molecule has 1 heterocycles. The maximum Gasteiger partial charge on any atom is 0.339 e. The van der Waals surface area contributed by atoms with Crippen LogP contribution in [0.4, 0.5) is 0 Å². The lowest BCUT2D eigenvalue weighted by Crippen LogP contribution is -2.02. The maximum atomic E-state index is 11.5. The van der Waals surface area contributed by atoms with Crippen molar-refractivity contribution >= 4 is 23.6 Å². The van der Waals surface area contributed by atoms with Crippen LogP contribution >= 0.6 is 11.3 Å². The van der Waals surface area contributed by atoms with Gasteiger partial charge in [-0.15, -0.1) is 11.3 Å². The molecule has 16 heavy (non-hydrogen) atoms. The normalized spacial score (nSPS) is 10.1. The van der Waals surface area contributed by atoms with Crippen LogP contribution in [0.3, 0.4) is 0 Å². The molecule has 1 aromatic rings. The number of thiophene rings is 1. The van der Waals surface area contributed by atoms with Crippen LogP contribution in [0.15, 0.2) is 6.07 Å². The maximum absolute atomic E-state index is 11.5. The van der Waals surface area contributed by atoms with Crippen LogP contribution in [0.5, 0.6) is 0 Å². The Morgan fingerprint density at radius 1 is 1.50 bits per heavy atom. The summed E-state index contributed by atoms with van der Waals surface area (Å²) in [6.07, 6.45) is 4.94. The molecule has 0 fully saturated rings. The predicted molar refractivity (Wildman–Crippen MR) is 64.3 cm³/mol. The summed E-state index contributed by atoms with van der Waals surface area (Å²) in [5.74, 6) is -0.351. The van der Waals surface area contributed by atoms with Crippen LogP contribution in [-0.2, 0) is 11.2 Å². The quantitative estimate of drug-likeness (QED) is 0.436. The lowest BCUT2D eigenvalue weighted by molar-refractivity contribution is 0.0600. The van der Waals surface area contributed by atoms with Crippen molar-refractivity contribution in [1.82, 2.24) is 0 Å². The molecule has 0 aliphatic heterocycles. The molecule has 0 N–H and O–H groups in total. The van der Waals surface area contributed by atoms with Gasteiger partial charge < -0.3 is 4.74 Å². The average Bonchev–Trinajstić information content (AvgIpc) is 2.72. The number of methoxy groups -OCH3 is 1. The molecule has 0 bridgehead atoms. The standard InChI is InChI=1S/C12H16O3S/c1-3-4-5-6-11-10(12(14)15-2)7-9(8-13)16-11/h7-8H,3-6H2,1-2H3. The molecule has 88 valence electrons. The largest absolute Gasteiger partial charge is 0.465 e. The summed E-state index contributed by atoms with van der Waals surface area (Å²) < 4.78 is 4.69. The molecule has 0 radical (unpaired) electrons. The van der Waals surface area contributed by atoms with Gasteiger partial charge in [0.15, 0.2) is 6.29 Å². The Labute approximate surface area is 99.4 Å². The van der Waals surface area contributed by atoms with Crippen LogP contribution in [-0.4, -0.2) is 19.4 Å². The van der Waals surface area contributed by atoms with Crippen LogP contribution in [0, 0.1) is 0 Å². The number of hydrogen-bond acceptors (Lipinski definition) is 4. The van der Waals surface area contributed by atoms with Gasteiger partial charge >= 0.3 is 5.97 Å². The van der Waals surface area contributed by atoms with Crippen molar-refractivity contribution in [2.45, 2.75) is 32.6 Å². The van der Waals surface area contributed by atoms with Gasteiger partial charge in [0.2, 0.25) is 0 Å². The first-order chi connectivity index (χ1) is 7.72. The van der Waals surface area contributed by atoms with Gasteiger partial charge in [-0.2, -0.15) is 0 Å². The van der Waals surface area contributed by atoms with E-state index in [1.54, 1.807) is 6.07 Å². The van der Waals surface area contributed by atoms with Crippen molar-refractivity contribution in [3.63, 3.8) is 0 Å². The second-order valence-electron chi connectivity index (χ2n) is 3.55. The van der Waals surface area contributed by atoms with Crippen molar-refractivity contribution in [2.24, 2.45) is 0 Å². The molecule has 0 amide bonds. The Hall–Kier alpha value is -1.16. The van der Waals surface area contributed by atoms with E-state index in [1.165, 1.54) is 18.4 Å². The molecular weight excluding hydrogens is 224 g/mol. The topological polar surface area (TPSA) is 43.4 Å². The Kier molecular flexibility index (Phi) is 5.19. The van der Waals surface area contributed by atoms with Gasteiger partial charge in [-0.25, -0.2) is 4.79 Å². The minimum Gasteiger partial charge on any atom is -0.465 e. The van der Waals surface area contributed by atoms with E-state index in [9.17, 15) is 9.59 Å². The third-order valence-electron chi connectivity index (χ3n) is 2.36. The third-order valence-corrected chi connectivity index (χ3v) is 3.48. The number of esters is 1. The van der Waals surface area contributed by atoms with Gasteiger partial charge in [0.1, 0.15) is 0 Å². The van der Waals surface area contributed by atoms with E-state index in [0.29, 0.717) is 10.4 Å². The van der Waals surface area contributed by atoms with Gasteiger partial charge in [-0.05, 0) is 18.9 Å².